The van der Waals surface area contributed by atoms with Crippen LogP contribution in [0.5, 0.6) is 5.75 Å². The molecule has 0 spiro atoms. The van der Waals surface area contributed by atoms with Gasteiger partial charge in [0, 0.05) is 28.6 Å². The first-order valence-electron chi connectivity index (χ1n) is 14.7. The molecule has 0 atom stereocenters. The van der Waals surface area contributed by atoms with E-state index in [-0.39, 0.29) is 41.1 Å². The maximum absolute atomic E-state index is 16.2. The van der Waals surface area contributed by atoms with Gasteiger partial charge < -0.3 is 19.9 Å². The van der Waals surface area contributed by atoms with Gasteiger partial charge in [0.2, 0.25) is 0 Å². The van der Waals surface area contributed by atoms with Crippen LogP contribution in [0, 0.1) is 12.7 Å². The Kier molecular flexibility index (Phi) is 9.34. The SMILES string of the molecule is Cc1ccc(S(=O)(=O)n2ncc3c(-c4cccc(CNC(=O)OC(C)(C)C)c4F)cc(COc4ccccc4CC(=O)O)cc32)cc1. The Balaban J connectivity index is 1.59. The molecule has 10 nitrogen and oxygen atoms in total. The highest BCUT2D eigenvalue weighted by Crippen LogP contribution is 2.35. The molecule has 5 aromatic rings. The number of carboxylic acids is 1. The normalized spacial score (nSPS) is 11.8. The summed E-state index contributed by atoms with van der Waals surface area (Å²) in [5, 5.41) is 16.5. The van der Waals surface area contributed by atoms with Crippen molar-refractivity contribution in [1.82, 2.24) is 14.5 Å². The molecule has 1 aromatic heterocycles. The first-order chi connectivity index (χ1) is 22.2. The number of aryl methyl sites for hydroxylation is 1. The molecule has 0 saturated heterocycles. The van der Waals surface area contributed by atoms with E-state index in [0.717, 1.165) is 9.65 Å². The summed E-state index contributed by atoms with van der Waals surface area (Å²) in [7, 11) is -4.15. The number of carbonyl (C=O) groups excluding carboxylic acids is 1. The number of ether oxygens (including phenoxy) is 2. The number of aliphatic carboxylic acids is 1. The highest BCUT2D eigenvalue weighted by molar-refractivity contribution is 7.90. The van der Waals surface area contributed by atoms with E-state index >= 15 is 4.39 Å². The number of carboxylic acid groups (broad SMARTS) is 1. The van der Waals surface area contributed by atoms with Crippen LogP contribution in [0.2, 0.25) is 0 Å². The number of benzene rings is 4. The monoisotopic (exact) mass is 659 g/mol. The summed E-state index contributed by atoms with van der Waals surface area (Å²) in [6.45, 7) is 6.77. The summed E-state index contributed by atoms with van der Waals surface area (Å²) < 4.78 is 55.9. The first-order valence-corrected chi connectivity index (χ1v) is 16.2. The minimum atomic E-state index is -4.15. The Morgan fingerprint density at radius 1 is 0.957 bits per heavy atom. The summed E-state index contributed by atoms with van der Waals surface area (Å²) in [5.41, 5.74) is 1.98. The standard InChI is InChI=1S/C35H34FN3O7S/c1-22-12-14-26(15-13-22)47(43,44)39-30-17-23(21-45-31-11-6-5-8-24(31)18-32(40)41)16-28(29(30)20-38-39)27-10-7-9-25(33(27)36)19-37-34(42)46-35(2,3)4/h5-17,20H,18-19,21H2,1-4H3,(H,37,42)(H,40,41). The van der Waals surface area contributed by atoms with Gasteiger partial charge in [-0.1, -0.05) is 54.1 Å². The van der Waals surface area contributed by atoms with E-state index < -0.39 is 33.5 Å². The van der Waals surface area contributed by atoms with Gasteiger partial charge >= 0.3 is 12.1 Å². The van der Waals surface area contributed by atoms with Crippen molar-refractivity contribution >= 4 is 33.0 Å². The molecule has 4 aromatic carbocycles. The van der Waals surface area contributed by atoms with Crippen LogP contribution in [-0.4, -0.2) is 40.4 Å². The maximum atomic E-state index is 16.2. The molecule has 0 radical (unpaired) electrons. The second-order valence-electron chi connectivity index (χ2n) is 12.0. The van der Waals surface area contributed by atoms with Gasteiger partial charge in [-0.25, -0.2) is 9.18 Å². The molecule has 244 valence electrons. The Hall–Kier alpha value is -5.23. The Morgan fingerprint density at radius 3 is 2.36 bits per heavy atom. The van der Waals surface area contributed by atoms with Gasteiger partial charge in [0.05, 0.1) is 23.0 Å². The molecule has 0 bridgehead atoms. The molecular formula is C35H34FN3O7S. The smallest absolute Gasteiger partial charge is 0.407 e. The molecule has 2 N–H and O–H groups in total. The van der Waals surface area contributed by atoms with Gasteiger partial charge in [0.15, 0.2) is 0 Å². The van der Waals surface area contributed by atoms with E-state index in [2.05, 4.69) is 10.4 Å². The molecule has 0 aliphatic carbocycles. The lowest BCUT2D eigenvalue weighted by Crippen LogP contribution is -2.32. The number of carbonyl (C=O) groups is 2. The fourth-order valence-electron chi connectivity index (χ4n) is 4.99. The number of fused-ring (bicyclic) bond motifs is 1. The number of amides is 1. The number of aromatic nitrogens is 2. The number of halogens is 1. The molecule has 1 heterocycles. The van der Waals surface area contributed by atoms with E-state index in [1.54, 1.807) is 81.4 Å². The molecule has 0 fully saturated rings. The predicted octanol–water partition coefficient (Wildman–Crippen LogP) is 6.62. The van der Waals surface area contributed by atoms with Crippen LogP contribution in [-0.2, 0) is 39.1 Å². The maximum Gasteiger partial charge on any atom is 0.407 e. The van der Waals surface area contributed by atoms with E-state index in [9.17, 15) is 23.1 Å². The average molecular weight is 660 g/mol. The van der Waals surface area contributed by atoms with Gasteiger partial charge in [-0.15, -0.1) is 0 Å². The third-order valence-electron chi connectivity index (χ3n) is 7.16. The summed E-state index contributed by atoms with van der Waals surface area (Å²) in [6, 6.07) is 21.1. The van der Waals surface area contributed by atoms with Crippen LogP contribution in [0.1, 0.15) is 43.0 Å². The molecular weight excluding hydrogens is 625 g/mol. The lowest BCUT2D eigenvalue weighted by atomic mass is 9.97. The van der Waals surface area contributed by atoms with Crippen molar-refractivity contribution in [3.05, 3.63) is 113 Å². The third kappa shape index (κ3) is 7.60. The van der Waals surface area contributed by atoms with E-state index in [1.807, 2.05) is 6.92 Å². The highest BCUT2D eigenvalue weighted by Gasteiger charge is 2.24. The Labute approximate surface area is 271 Å². The zero-order chi connectivity index (χ0) is 33.9. The van der Waals surface area contributed by atoms with Crippen molar-refractivity contribution in [3.8, 4) is 16.9 Å². The zero-order valence-corrected chi connectivity index (χ0v) is 27.1. The highest BCUT2D eigenvalue weighted by atomic mass is 32.2. The number of para-hydroxylation sites is 1. The second-order valence-corrected chi connectivity index (χ2v) is 13.8. The van der Waals surface area contributed by atoms with Crippen LogP contribution < -0.4 is 10.1 Å². The van der Waals surface area contributed by atoms with E-state index in [1.165, 1.54) is 24.4 Å². The summed E-state index contributed by atoms with van der Waals surface area (Å²) in [6.07, 6.45) is 0.417. The number of nitrogens with one attached hydrogen (secondary N) is 1. The lowest BCUT2D eigenvalue weighted by molar-refractivity contribution is -0.136. The van der Waals surface area contributed by atoms with Crippen LogP contribution in [0.4, 0.5) is 9.18 Å². The van der Waals surface area contributed by atoms with Gasteiger partial charge in [-0.05, 0) is 69.2 Å². The fourth-order valence-corrected chi connectivity index (χ4v) is 6.25. The minimum Gasteiger partial charge on any atom is -0.489 e. The molecule has 1 amide bonds. The molecule has 5 rings (SSSR count). The van der Waals surface area contributed by atoms with Crippen molar-refractivity contribution in [2.24, 2.45) is 0 Å². The van der Waals surface area contributed by atoms with E-state index in [0.29, 0.717) is 27.8 Å². The minimum absolute atomic E-state index is 0.0281. The topological polar surface area (TPSA) is 137 Å². The lowest BCUT2D eigenvalue weighted by Gasteiger charge is -2.20. The zero-order valence-electron chi connectivity index (χ0n) is 26.3. The van der Waals surface area contributed by atoms with Gasteiger partial charge in [-0.3, -0.25) is 4.79 Å². The quantitative estimate of drug-likeness (QED) is 0.171. The average Bonchev–Trinajstić information content (AvgIpc) is 3.44. The second kappa shape index (κ2) is 13.2. The molecule has 0 unspecified atom stereocenters. The Morgan fingerprint density at radius 2 is 1.66 bits per heavy atom. The summed E-state index contributed by atoms with van der Waals surface area (Å²) in [4.78, 5) is 23.7. The number of hydrogen-bond donors (Lipinski definition) is 2. The fraction of sp³-hybridized carbons (Fsp3) is 0.229. The van der Waals surface area contributed by atoms with Crippen molar-refractivity contribution in [2.75, 3.05) is 0 Å². The van der Waals surface area contributed by atoms with Crippen molar-refractivity contribution in [3.63, 3.8) is 0 Å². The summed E-state index contributed by atoms with van der Waals surface area (Å²) in [5.74, 6) is -1.30. The van der Waals surface area contributed by atoms with Crippen LogP contribution >= 0.6 is 0 Å². The predicted molar refractivity (Wildman–Crippen MR) is 174 cm³/mol. The number of nitrogens with zero attached hydrogens (tertiary/aromatic N) is 2. The molecule has 0 aliphatic heterocycles. The van der Waals surface area contributed by atoms with Crippen LogP contribution in [0.15, 0.2) is 90.0 Å². The van der Waals surface area contributed by atoms with Gasteiger partial charge in [0.25, 0.3) is 10.0 Å². The first kappa shape index (κ1) is 33.1. The third-order valence-corrected chi connectivity index (χ3v) is 8.78. The number of rotatable bonds is 10. The van der Waals surface area contributed by atoms with Crippen molar-refractivity contribution in [1.29, 1.82) is 0 Å². The molecule has 47 heavy (non-hydrogen) atoms. The van der Waals surface area contributed by atoms with Gasteiger partial charge in [-0.2, -0.15) is 17.6 Å². The van der Waals surface area contributed by atoms with Crippen molar-refractivity contribution in [2.45, 2.75) is 57.8 Å². The van der Waals surface area contributed by atoms with Crippen LogP contribution in [0.25, 0.3) is 22.0 Å². The summed E-state index contributed by atoms with van der Waals surface area (Å²) >= 11 is 0. The Bertz CT molecular complexity index is 2070. The van der Waals surface area contributed by atoms with Crippen molar-refractivity contribution < 1.29 is 37.0 Å². The number of hydrogen-bond acceptors (Lipinski definition) is 7. The van der Waals surface area contributed by atoms with E-state index in [4.69, 9.17) is 9.47 Å². The molecule has 0 aliphatic rings. The van der Waals surface area contributed by atoms with Crippen LogP contribution in [0.3, 0.4) is 0 Å². The number of alkyl carbamates (subject to hydrolysis) is 1. The molecule has 0 saturated carbocycles. The molecule has 12 heteroatoms. The largest absolute Gasteiger partial charge is 0.489 e. The van der Waals surface area contributed by atoms with Gasteiger partial charge in [0.1, 0.15) is 23.8 Å².